The number of aliphatic carboxylic acids is 1. The molecule has 1 amide bonds. The van der Waals surface area contributed by atoms with Crippen molar-refractivity contribution in [3.8, 4) is 0 Å². The molecule has 0 aromatic heterocycles. The number of carboxylic acid groups (broad SMARTS) is 1. The lowest BCUT2D eigenvalue weighted by Crippen LogP contribution is -2.42. The summed E-state index contributed by atoms with van der Waals surface area (Å²) in [5.74, 6) is -1.14. The highest BCUT2D eigenvalue weighted by molar-refractivity contribution is 6.30. The van der Waals surface area contributed by atoms with E-state index in [9.17, 15) is 9.59 Å². The first-order valence-electron chi connectivity index (χ1n) is 5.54. The fourth-order valence-electron chi connectivity index (χ4n) is 1.42. The number of amides is 1. The Bertz CT molecular complexity index is 475. The highest BCUT2D eigenvalue weighted by Crippen LogP contribution is 2.12. The zero-order valence-corrected chi connectivity index (χ0v) is 10.9. The lowest BCUT2D eigenvalue weighted by Gasteiger charge is -2.14. The standard InChI is InChI=1S/C13H14ClNO4/c1-2-6-19-13(18)15-11(12(16)17)8-9-4-3-5-10(14)7-9/h2-5,7,11H,1,6,8H2,(H,15,18)(H,16,17)/t11-/m1/s1. The van der Waals surface area contributed by atoms with Crippen molar-refractivity contribution in [1.29, 1.82) is 0 Å². The summed E-state index contributed by atoms with van der Waals surface area (Å²) in [7, 11) is 0. The summed E-state index contributed by atoms with van der Waals surface area (Å²) in [6.45, 7) is 3.41. The molecule has 6 heteroatoms. The van der Waals surface area contributed by atoms with Gasteiger partial charge in [-0.2, -0.15) is 0 Å². The Balaban J connectivity index is 2.65. The number of alkyl carbamates (subject to hydrolysis) is 1. The van der Waals surface area contributed by atoms with Crippen LogP contribution in [0.5, 0.6) is 0 Å². The maximum absolute atomic E-state index is 11.3. The van der Waals surface area contributed by atoms with E-state index < -0.39 is 18.1 Å². The third kappa shape index (κ3) is 5.44. The van der Waals surface area contributed by atoms with E-state index in [0.717, 1.165) is 0 Å². The van der Waals surface area contributed by atoms with Gasteiger partial charge in [0, 0.05) is 11.4 Å². The number of hydrogen-bond donors (Lipinski definition) is 2. The Morgan fingerprint density at radius 1 is 1.53 bits per heavy atom. The van der Waals surface area contributed by atoms with Crippen LogP contribution in [0.4, 0.5) is 4.79 Å². The second-order valence-corrected chi connectivity index (χ2v) is 4.19. The molecule has 0 heterocycles. The van der Waals surface area contributed by atoms with Crippen molar-refractivity contribution in [1.82, 2.24) is 5.32 Å². The zero-order valence-electron chi connectivity index (χ0n) is 10.1. The summed E-state index contributed by atoms with van der Waals surface area (Å²) in [6, 6.07) is 5.71. The molecule has 0 aliphatic carbocycles. The molecule has 1 aromatic rings. The first-order valence-corrected chi connectivity index (χ1v) is 5.92. The van der Waals surface area contributed by atoms with Crippen LogP contribution < -0.4 is 5.32 Å². The molecule has 1 atom stereocenters. The molecular weight excluding hydrogens is 270 g/mol. The van der Waals surface area contributed by atoms with Gasteiger partial charge in [-0.3, -0.25) is 0 Å². The number of ether oxygens (including phenoxy) is 1. The number of benzene rings is 1. The lowest BCUT2D eigenvalue weighted by atomic mass is 10.1. The first-order chi connectivity index (χ1) is 9.02. The minimum atomic E-state index is -1.14. The van der Waals surface area contributed by atoms with Gasteiger partial charge in [-0.25, -0.2) is 9.59 Å². The summed E-state index contributed by atoms with van der Waals surface area (Å²) >= 11 is 5.81. The van der Waals surface area contributed by atoms with E-state index in [2.05, 4.69) is 16.6 Å². The Morgan fingerprint density at radius 2 is 2.26 bits per heavy atom. The Labute approximate surface area is 115 Å². The average Bonchev–Trinajstić information content (AvgIpc) is 2.35. The molecule has 1 rings (SSSR count). The van der Waals surface area contributed by atoms with Crippen molar-refractivity contribution in [2.75, 3.05) is 6.61 Å². The molecule has 5 nitrogen and oxygen atoms in total. The SMILES string of the molecule is C=CCOC(=O)N[C@H](Cc1cccc(Cl)c1)C(=O)O. The van der Waals surface area contributed by atoms with E-state index in [1.165, 1.54) is 6.08 Å². The molecule has 19 heavy (non-hydrogen) atoms. The highest BCUT2D eigenvalue weighted by Gasteiger charge is 2.21. The van der Waals surface area contributed by atoms with Crippen LogP contribution >= 0.6 is 11.6 Å². The van der Waals surface area contributed by atoms with Crippen LogP contribution in [0, 0.1) is 0 Å². The second kappa shape index (κ2) is 7.43. The minimum Gasteiger partial charge on any atom is -0.480 e. The molecule has 0 spiro atoms. The number of halogens is 1. The fraction of sp³-hybridized carbons (Fsp3) is 0.231. The maximum atomic E-state index is 11.3. The number of nitrogens with one attached hydrogen (secondary N) is 1. The van der Waals surface area contributed by atoms with Crippen molar-refractivity contribution < 1.29 is 19.4 Å². The number of carbonyl (C=O) groups is 2. The van der Waals surface area contributed by atoms with E-state index >= 15 is 0 Å². The summed E-state index contributed by atoms with van der Waals surface area (Å²) < 4.78 is 4.68. The summed E-state index contributed by atoms with van der Waals surface area (Å²) in [4.78, 5) is 22.4. The van der Waals surface area contributed by atoms with Crippen LogP contribution in [0.25, 0.3) is 0 Å². The van der Waals surface area contributed by atoms with Gasteiger partial charge in [0.2, 0.25) is 0 Å². The second-order valence-electron chi connectivity index (χ2n) is 3.76. The summed E-state index contributed by atoms with van der Waals surface area (Å²) in [5.41, 5.74) is 0.712. The monoisotopic (exact) mass is 283 g/mol. The van der Waals surface area contributed by atoms with Crippen LogP contribution in [-0.4, -0.2) is 29.8 Å². The molecule has 102 valence electrons. The molecule has 0 bridgehead atoms. The highest BCUT2D eigenvalue weighted by atomic mass is 35.5. The van der Waals surface area contributed by atoms with E-state index in [0.29, 0.717) is 10.6 Å². The largest absolute Gasteiger partial charge is 0.480 e. The van der Waals surface area contributed by atoms with Gasteiger partial charge in [-0.1, -0.05) is 36.4 Å². The van der Waals surface area contributed by atoms with Crippen LogP contribution in [-0.2, 0) is 16.0 Å². The topological polar surface area (TPSA) is 75.6 Å². The van der Waals surface area contributed by atoms with E-state index in [-0.39, 0.29) is 13.0 Å². The quantitative estimate of drug-likeness (QED) is 0.785. The van der Waals surface area contributed by atoms with Crippen molar-refractivity contribution in [3.05, 3.63) is 47.5 Å². The van der Waals surface area contributed by atoms with Gasteiger partial charge in [-0.15, -0.1) is 0 Å². The van der Waals surface area contributed by atoms with Gasteiger partial charge in [0.25, 0.3) is 0 Å². The normalized spacial score (nSPS) is 11.4. The van der Waals surface area contributed by atoms with Crippen LogP contribution in [0.15, 0.2) is 36.9 Å². The number of hydrogen-bond acceptors (Lipinski definition) is 3. The maximum Gasteiger partial charge on any atom is 0.408 e. The van der Waals surface area contributed by atoms with E-state index in [4.69, 9.17) is 16.7 Å². The molecule has 0 radical (unpaired) electrons. The van der Waals surface area contributed by atoms with Gasteiger partial charge in [0.1, 0.15) is 12.6 Å². The third-order valence-electron chi connectivity index (χ3n) is 2.25. The summed E-state index contributed by atoms with van der Waals surface area (Å²) in [6.07, 6.45) is 0.722. The van der Waals surface area contributed by atoms with Gasteiger partial charge >= 0.3 is 12.1 Å². The molecule has 2 N–H and O–H groups in total. The predicted molar refractivity (Wildman–Crippen MR) is 71.3 cm³/mol. The first kappa shape index (κ1) is 15.0. The van der Waals surface area contributed by atoms with Gasteiger partial charge in [0.15, 0.2) is 0 Å². The van der Waals surface area contributed by atoms with Crippen molar-refractivity contribution >= 4 is 23.7 Å². The molecule has 0 aliphatic heterocycles. The minimum absolute atomic E-state index is 0.0232. The molecular formula is C13H14ClNO4. The van der Waals surface area contributed by atoms with E-state index in [1.54, 1.807) is 24.3 Å². The van der Waals surface area contributed by atoms with Crippen molar-refractivity contribution in [2.24, 2.45) is 0 Å². The molecule has 0 saturated carbocycles. The summed E-state index contributed by atoms with van der Waals surface area (Å²) in [5, 5.41) is 11.8. The van der Waals surface area contributed by atoms with Gasteiger partial charge < -0.3 is 15.2 Å². The Kier molecular flexibility index (Phi) is 5.89. The van der Waals surface area contributed by atoms with E-state index in [1.807, 2.05) is 0 Å². The molecule has 0 unspecified atom stereocenters. The predicted octanol–water partition coefficient (Wildman–Crippen LogP) is 2.25. The van der Waals surface area contributed by atoms with Crippen molar-refractivity contribution in [3.63, 3.8) is 0 Å². The molecule has 0 aliphatic rings. The number of rotatable bonds is 6. The fourth-order valence-corrected chi connectivity index (χ4v) is 1.63. The third-order valence-corrected chi connectivity index (χ3v) is 2.49. The average molecular weight is 284 g/mol. The number of carboxylic acids is 1. The lowest BCUT2D eigenvalue weighted by molar-refractivity contribution is -0.139. The van der Waals surface area contributed by atoms with Crippen LogP contribution in [0.3, 0.4) is 0 Å². The zero-order chi connectivity index (χ0) is 14.3. The molecule has 0 saturated heterocycles. The molecule has 1 aromatic carbocycles. The van der Waals surface area contributed by atoms with Crippen LogP contribution in [0.2, 0.25) is 5.02 Å². The smallest absolute Gasteiger partial charge is 0.408 e. The van der Waals surface area contributed by atoms with Crippen LogP contribution in [0.1, 0.15) is 5.56 Å². The molecule has 0 fully saturated rings. The number of carbonyl (C=O) groups excluding carboxylic acids is 1. The van der Waals surface area contributed by atoms with Gasteiger partial charge in [-0.05, 0) is 17.7 Å². The van der Waals surface area contributed by atoms with Gasteiger partial charge in [0.05, 0.1) is 0 Å². The Morgan fingerprint density at radius 3 is 2.84 bits per heavy atom. The Hall–Kier alpha value is -2.01. The van der Waals surface area contributed by atoms with Crippen molar-refractivity contribution in [2.45, 2.75) is 12.5 Å².